The van der Waals surface area contributed by atoms with E-state index in [1.807, 2.05) is 5.32 Å². The van der Waals surface area contributed by atoms with E-state index in [1.165, 1.54) is 0 Å². The van der Waals surface area contributed by atoms with Crippen LogP contribution in [0.25, 0.3) is 0 Å². The van der Waals surface area contributed by atoms with Gasteiger partial charge in [0.1, 0.15) is 5.60 Å². The average molecular weight is 237 g/mol. The van der Waals surface area contributed by atoms with Crippen molar-refractivity contribution in [2.75, 3.05) is 6.44 Å². The van der Waals surface area contributed by atoms with Crippen molar-refractivity contribution in [2.24, 2.45) is 0 Å². The van der Waals surface area contributed by atoms with Gasteiger partial charge in [-0.25, -0.2) is 4.79 Å². The van der Waals surface area contributed by atoms with E-state index in [0.29, 0.717) is 0 Å². The van der Waals surface area contributed by atoms with Gasteiger partial charge >= 0.3 is 64.7 Å². The Kier molecular flexibility index (Phi) is 13.0. The van der Waals surface area contributed by atoms with Crippen molar-refractivity contribution in [1.29, 1.82) is 0 Å². The van der Waals surface area contributed by atoms with Gasteiger partial charge < -0.3 is 14.8 Å². The molecule has 14 heavy (non-hydrogen) atoms. The molecule has 0 aliphatic rings. The van der Waals surface area contributed by atoms with E-state index in [0.717, 1.165) is 0 Å². The Bertz CT molecular complexity index is 166. The summed E-state index contributed by atoms with van der Waals surface area (Å²) in [7, 11) is -2.54. The molecule has 78 valence electrons. The molecule has 0 atom stereocenters. The molecule has 0 rings (SSSR count). The standard InChI is InChI=1S/C6H12BF2NO2.FH.K/c1-6(2,3)12-5(11)10-4-7(8)9;;/h4H2,1-3H3,(H,10,11);1H;/q;;+1/p-1. The Hall–Kier alpha value is 0.761. The Labute approximate surface area is 124 Å². The zero-order valence-corrected chi connectivity index (χ0v) is 11.9. The second-order valence-electron chi connectivity index (χ2n) is 3.27. The van der Waals surface area contributed by atoms with Crippen LogP contribution in [0.5, 0.6) is 0 Å². The molecule has 8 heteroatoms. The summed E-state index contributed by atoms with van der Waals surface area (Å²) in [6, 6.07) is 0. The molecular weight excluding hydrogens is 225 g/mol. The molecule has 0 aliphatic carbocycles. The Morgan fingerprint density at radius 3 is 2.14 bits per heavy atom. The minimum Gasteiger partial charge on any atom is -1.00 e. The second kappa shape index (κ2) is 9.02. The largest absolute Gasteiger partial charge is 1.00 e. The first-order valence-corrected chi connectivity index (χ1v) is 3.56. The Morgan fingerprint density at radius 2 is 1.86 bits per heavy atom. The van der Waals surface area contributed by atoms with Crippen molar-refractivity contribution in [3.8, 4) is 0 Å². The molecule has 0 aromatic heterocycles. The fraction of sp³-hybridized carbons (Fsp3) is 0.833. The Balaban J connectivity index is -0.000000605. The summed E-state index contributed by atoms with van der Waals surface area (Å²) in [6.07, 6.45) is -1.49. The predicted octanol–water partition coefficient (Wildman–Crippen LogP) is -4.51. The molecule has 0 aromatic carbocycles. The summed E-state index contributed by atoms with van der Waals surface area (Å²) in [6.45, 7) is 4.98. The first-order chi connectivity index (χ1) is 5.31. The van der Waals surface area contributed by atoms with Gasteiger partial charge in [-0.1, -0.05) is 0 Å². The van der Waals surface area contributed by atoms with Gasteiger partial charge in [-0.2, -0.15) is 0 Å². The maximum atomic E-state index is 11.6. The van der Waals surface area contributed by atoms with Crippen molar-refractivity contribution < 1.29 is 74.3 Å². The summed E-state index contributed by atoms with van der Waals surface area (Å²) in [5.41, 5.74) is -0.647. The van der Waals surface area contributed by atoms with Crippen LogP contribution in [0.4, 0.5) is 13.4 Å². The maximum absolute atomic E-state index is 11.6. The quantitative estimate of drug-likeness (QED) is 0.491. The van der Waals surface area contributed by atoms with Crippen molar-refractivity contribution in [3.63, 3.8) is 0 Å². The van der Waals surface area contributed by atoms with Crippen molar-refractivity contribution in [3.05, 3.63) is 0 Å². The molecular formula is C6H12BF3KNO2. The number of carbonyl (C=O) groups excluding carboxylic acids is 1. The molecule has 0 bridgehead atoms. The molecule has 0 heterocycles. The van der Waals surface area contributed by atoms with Gasteiger partial charge in [-0.3, -0.25) is 8.63 Å². The number of amides is 1. The summed E-state index contributed by atoms with van der Waals surface area (Å²) < 4.78 is 27.8. The molecule has 3 nitrogen and oxygen atoms in total. The van der Waals surface area contributed by atoms with Crippen LogP contribution in [0, 0.1) is 0 Å². The van der Waals surface area contributed by atoms with E-state index < -0.39 is 25.4 Å². The fourth-order valence-electron chi connectivity index (χ4n) is 0.475. The van der Waals surface area contributed by atoms with Gasteiger partial charge in [0.25, 0.3) is 0 Å². The van der Waals surface area contributed by atoms with Gasteiger partial charge in [0, 0.05) is 0 Å². The van der Waals surface area contributed by atoms with E-state index >= 15 is 0 Å². The van der Waals surface area contributed by atoms with E-state index in [-0.39, 0.29) is 56.1 Å². The molecule has 0 aliphatic heterocycles. The van der Waals surface area contributed by atoms with Crippen molar-refractivity contribution in [2.45, 2.75) is 26.4 Å². The normalized spacial score (nSPS) is 9.21. The van der Waals surface area contributed by atoms with Crippen LogP contribution in [0.2, 0.25) is 0 Å². The monoisotopic (exact) mass is 237 g/mol. The molecule has 0 aromatic rings. The van der Waals surface area contributed by atoms with Crippen LogP contribution < -0.4 is 61.4 Å². The molecule has 0 spiro atoms. The van der Waals surface area contributed by atoms with Crippen LogP contribution in [-0.4, -0.2) is 25.4 Å². The van der Waals surface area contributed by atoms with Gasteiger partial charge in [-0.05, 0) is 20.8 Å². The molecule has 1 amide bonds. The topological polar surface area (TPSA) is 38.3 Å². The number of rotatable bonds is 2. The molecule has 0 radical (unpaired) electrons. The second-order valence-corrected chi connectivity index (χ2v) is 3.27. The van der Waals surface area contributed by atoms with Gasteiger partial charge in [-0.15, -0.1) is 0 Å². The molecule has 0 unspecified atom stereocenters. The van der Waals surface area contributed by atoms with E-state index in [1.54, 1.807) is 20.8 Å². The first-order valence-electron chi connectivity index (χ1n) is 3.56. The summed E-state index contributed by atoms with van der Waals surface area (Å²) in [4.78, 5) is 10.7. The average Bonchev–Trinajstić information content (AvgIpc) is 1.79. The van der Waals surface area contributed by atoms with E-state index in [9.17, 15) is 13.4 Å². The van der Waals surface area contributed by atoms with Crippen LogP contribution in [0.15, 0.2) is 0 Å². The SMILES string of the molecule is CC(C)(C)OC(=O)NCB(F)F.[F-].[K+]. The van der Waals surface area contributed by atoms with Gasteiger partial charge in [0.05, 0.1) is 6.44 Å². The van der Waals surface area contributed by atoms with Gasteiger partial charge in [0.15, 0.2) is 0 Å². The number of alkyl carbamates (subject to hydrolysis) is 1. The zero-order valence-electron chi connectivity index (χ0n) is 8.73. The maximum Gasteiger partial charge on any atom is 1.00 e. The van der Waals surface area contributed by atoms with E-state index in [4.69, 9.17) is 4.74 Å². The number of ether oxygens (including phenoxy) is 1. The first kappa shape index (κ1) is 20.2. The van der Waals surface area contributed by atoms with Crippen LogP contribution in [0.3, 0.4) is 0 Å². The number of carbonyl (C=O) groups is 1. The summed E-state index contributed by atoms with van der Waals surface area (Å²) in [5, 5.41) is 1.93. The molecule has 0 fully saturated rings. The minimum atomic E-state index is -2.54. The van der Waals surface area contributed by atoms with Crippen LogP contribution in [-0.2, 0) is 4.74 Å². The third-order valence-corrected chi connectivity index (χ3v) is 0.800. The fourth-order valence-corrected chi connectivity index (χ4v) is 0.475. The number of halogens is 3. The summed E-state index contributed by atoms with van der Waals surface area (Å²) >= 11 is 0. The molecule has 0 saturated heterocycles. The van der Waals surface area contributed by atoms with Crippen molar-refractivity contribution in [1.82, 2.24) is 5.32 Å². The predicted molar refractivity (Wildman–Crippen MR) is 42.2 cm³/mol. The zero-order chi connectivity index (χ0) is 9.78. The number of hydrogen-bond acceptors (Lipinski definition) is 2. The van der Waals surface area contributed by atoms with E-state index in [2.05, 4.69) is 0 Å². The smallest absolute Gasteiger partial charge is 1.00 e. The number of nitrogens with one attached hydrogen (secondary N) is 1. The molecule has 0 saturated carbocycles. The Morgan fingerprint density at radius 1 is 1.43 bits per heavy atom. The van der Waals surface area contributed by atoms with Crippen LogP contribution in [0.1, 0.15) is 20.8 Å². The van der Waals surface area contributed by atoms with Crippen LogP contribution >= 0.6 is 0 Å². The van der Waals surface area contributed by atoms with Crippen molar-refractivity contribution >= 4 is 13.4 Å². The summed E-state index contributed by atoms with van der Waals surface area (Å²) in [5.74, 6) is 0. The third-order valence-electron chi connectivity index (χ3n) is 0.800. The van der Waals surface area contributed by atoms with Gasteiger partial charge in [0.2, 0.25) is 0 Å². The molecule has 1 N–H and O–H groups in total. The third kappa shape index (κ3) is 15.2. The number of hydrogen-bond donors (Lipinski definition) is 1. The minimum absolute atomic E-state index is 0.